The molecule has 3 nitrogen and oxygen atoms in total. The molecule has 0 atom stereocenters. The fourth-order valence-corrected chi connectivity index (χ4v) is 6.47. The molecule has 2 heterocycles. The van der Waals surface area contributed by atoms with E-state index >= 15 is 0 Å². The molecule has 0 saturated heterocycles. The molecule has 9 rings (SSSR count). The lowest BCUT2D eigenvalue weighted by Crippen LogP contribution is -2.10. The Hall–Kier alpha value is -5.80. The third-order valence-electron chi connectivity index (χ3n) is 8.45. The van der Waals surface area contributed by atoms with Crippen molar-refractivity contribution < 1.29 is 8.83 Å². The zero-order valence-corrected chi connectivity index (χ0v) is 23.2. The molecule has 0 radical (unpaired) electrons. The van der Waals surface area contributed by atoms with Gasteiger partial charge in [-0.15, -0.1) is 0 Å². The summed E-state index contributed by atoms with van der Waals surface area (Å²) in [7, 11) is 0. The van der Waals surface area contributed by atoms with E-state index in [0.29, 0.717) is 0 Å². The minimum atomic E-state index is 0.880. The van der Waals surface area contributed by atoms with Crippen LogP contribution in [0.1, 0.15) is 0 Å². The molecule has 3 heteroatoms. The van der Waals surface area contributed by atoms with Crippen molar-refractivity contribution in [2.24, 2.45) is 0 Å². The van der Waals surface area contributed by atoms with E-state index in [0.717, 1.165) is 61.1 Å². The van der Waals surface area contributed by atoms with E-state index in [2.05, 4.69) is 126 Å². The second-order valence-corrected chi connectivity index (χ2v) is 10.9. The van der Waals surface area contributed by atoms with Gasteiger partial charge in [0.15, 0.2) is 0 Å². The summed E-state index contributed by atoms with van der Waals surface area (Å²) in [5, 5.41) is 6.94. The van der Waals surface area contributed by atoms with E-state index in [9.17, 15) is 0 Å². The lowest BCUT2D eigenvalue weighted by Gasteiger charge is -2.26. The third-order valence-corrected chi connectivity index (χ3v) is 8.45. The third kappa shape index (κ3) is 3.75. The van der Waals surface area contributed by atoms with Crippen LogP contribution in [-0.4, -0.2) is 0 Å². The Morgan fingerprint density at radius 2 is 0.953 bits per heavy atom. The fraction of sp³-hybridized carbons (Fsp3) is 0. The van der Waals surface area contributed by atoms with Crippen molar-refractivity contribution in [2.45, 2.75) is 0 Å². The van der Waals surface area contributed by atoms with Crippen LogP contribution in [0.2, 0.25) is 0 Å². The Bertz CT molecular complexity index is 2450. The fourth-order valence-electron chi connectivity index (χ4n) is 6.47. The summed E-state index contributed by atoms with van der Waals surface area (Å²) in [6.45, 7) is 0. The molecular weight excluding hydrogens is 526 g/mol. The molecule has 0 aliphatic carbocycles. The first-order valence-corrected chi connectivity index (χ1v) is 14.5. The van der Waals surface area contributed by atoms with Gasteiger partial charge in [-0.3, -0.25) is 0 Å². The number of fused-ring (bicyclic) bond motifs is 8. The highest BCUT2D eigenvalue weighted by Gasteiger charge is 2.19. The number of nitrogens with zero attached hydrogens (tertiary/aromatic N) is 1. The monoisotopic (exact) mass is 551 g/mol. The molecule has 2 aromatic heterocycles. The standard InChI is InChI=1S/C40H25NO2/c1-2-9-29(10-3-1)41(34-13-8-16-37-40(34)32-12-5-7-15-36(32)42-37)30-22-19-26(20-23-30)28-18-17-27-21-24-38-39(33(27)25-28)31-11-4-6-14-35(31)43-38/h1-25H. The summed E-state index contributed by atoms with van der Waals surface area (Å²) in [6, 6.07) is 53.1. The second-order valence-electron chi connectivity index (χ2n) is 10.9. The summed E-state index contributed by atoms with van der Waals surface area (Å²) in [4.78, 5) is 2.32. The largest absolute Gasteiger partial charge is 0.456 e. The normalized spacial score (nSPS) is 11.7. The number of para-hydroxylation sites is 3. The van der Waals surface area contributed by atoms with Crippen LogP contribution in [0, 0.1) is 0 Å². The van der Waals surface area contributed by atoms with Gasteiger partial charge in [-0.25, -0.2) is 0 Å². The van der Waals surface area contributed by atoms with Gasteiger partial charge in [-0.2, -0.15) is 0 Å². The van der Waals surface area contributed by atoms with Crippen LogP contribution in [0.15, 0.2) is 160 Å². The van der Waals surface area contributed by atoms with E-state index < -0.39 is 0 Å². The molecule has 7 aromatic carbocycles. The second kappa shape index (κ2) is 9.37. The van der Waals surface area contributed by atoms with Gasteiger partial charge in [0.1, 0.15) is 22.3 Å². The SMILES string of the molecule is c1ccc(N(c2ccc(-c3ccc4ccc5oc6ccccc6c5c4c3)cc2)c2cccc3oc4ccccc4c23)cc1. The van der Waals surface area contributed by atoms with E-state index in [-0.39, 0.29) is 0 Å². The molecule has 43 heavy (non-hydrogen) atoms. The molecule has 0 amide bonds. The smallest absolute Gasteiger partial charge is 0.137 e. The highest BCUT2D eigenvalue weighted by atomic mass is 16.3. The van der Waals surface area contributed by atoms with Crippen molar-refractivity contribution in [1.82, 2.24) is 0 Å². The Kier molecular flexibility index (Phi) is 5.20. The zero-order valence-electron chi connectivity index (χ0n) is 23.2. The van der Waals surface area contributed by atoms with E-state index in [1.54, 1.807) is 0 Å². The lowest BCUT2D eigenvalue weighted by atomic mass is 9.98. The molecule has 0 aliphatic rings. The number of anilines is 3. The molecule has 0 saturated carbocycles. The molecule has 0 unspecified atom stereocenters. The molecule has 0 aliphatic heterocycles. The number of benzene rings is 7. The van der Waals surface area contributed by atoms with Gasteiger partial charge in [-0.1, -0.05) is 91.0 Å². The lowest BCUT2D eigenvalue weighted by molar-refractivity contribution is 0.668. The van der Waals surface area contributed by atoms with E-state index in [1.165, 1.54) is 21.7 Å². The maximum absolute atomic E-state index is 6.25. The van der Waals surface area contributed by atoms with Gasteiger partial charge in [-0.05, 0) is 82.6 Å². The van der Waals surface area contributed by atoms with Crippen molar-refractivity contribution in [2.75, 3.05) is 4.90 Å². The van der Waals surface area contributed by atoms with Crippen LogP contribution < -0.4 is 4.90 Å². The maximum Gasteiger partial charge on any atom is 0.137 e. The van der Waals surface area contributed by atoms with Gasteiger partial charge in [0, 0.05) is 27.5 Å². The summed E-state index contributed by atoms with van der Waals surface area (Å²) in [5.41, 5.74) is 9.20. The quantitative estimate of drug-likeness (QED) is 0.218. The van der Waals surface area contributed by atoms with Crippen molar-refractivity contribution in [3.63, 3.8) is 0 Å². The molecule has 9 aromatic rings. The van der Waals surface area contributed by atoms with Crippen LogP contribution in [0.4, 0.5) is 17.1 Å². The average Bonchev–Trinajstić information content (AvgIpc) is 3.65. The minimum absolute atomic E-state index is 0.880. The first-order chi connectivity index (χ1) is 21.3. The molecular formula is C40H25NO2. The number of rotatable bonds is 4. The van der Waals surface area contributed by atoms with Crippen molar-refractivity contribution in [3.8, 4) is 11.1 Å². The summed E-state index contributed by atoms with van der Waals surface area (Å²) < 4.78 is 12.4. The topological polar surface area (TPSA) is 29.5 Å². The molecule has 202 valence electrons. The van der Waals surface area contributed by atoms with Crippen LogP contribution in [0.3, 0.4) is 0 Å². The molecule has 0 N–H and O–H groups in total. The summed E-state index contributed by atoms with van der Waals surface area (Å²) >= 11 is 0. The van der Waals surface area contributed by atoms with Crippen LogP contribution >= 0.6 is 0 Å². The molecule has 0 spiro atoms. The van der Waals surface area contributed by atoms with Crippen LogP contribution in [0.5, 0.6) is 0 Å². The highest BCUT2D eigenvalue weighted by molar-refractivity contribution is 6.19. The Morgan fingerprint density at radius 1 is 0.372 bits per heavy atom. The van der Waals surface area contributed by atoms with Crippen molar-refractivity contribution >= 4 is 71.7 Å². The molecule has 0 fully saturated rings. The van der Waals surface area contributed by atoms with Crippen molar-refractivity contribution in [1.29, 1.82) is 0 Å². The Morgan fingerprint density at radius 3 is 1.72 bits per heavy atom. The Labute approximate surface area is 247 Å². The van der Waals surface area contributed by atoms with E-state index in [4.69, 9.17) is 8.83 Å². The first kappa shape index (κ1) is 23.9. The minimum Gasteiger partial charge on any atom is -0.456 e. The van der Waals surface area contributed by atoms with Gasteiger partial charge < -0.3 is 13.7 Å². The highest BCUT2D eigenvalue weighted by Crippen LogP contribution is 2.43. The Balaban J connectivity index is 1.19. The summed E-state index contributed by atoms with van der Waals surface area (Å²) in [5.74, 6) is 0. The predicted octanol–water partition coefficient (Wildman–Crippen LogP) is 11.8. The maximum atomic E-state index is 6.25. The van der Waals surface area contributed by atoms with Gasteiger partial charge in [0.05, 0.1) is 11.1 Å². The van der Waals surface area contributed by atoms with E-state index in [1.807, 2.05) is 30.3 Å². The zero-order chi connectivity index (χ0) is 28.3. The average molecular weight is 552 g/mol. The van der Waals surface area contributed by atoms with Gasteiger partial charge in [0.25, 0.3) is 0 Å². The number of furan rings is 2. The van der Waals surface area contributed by atoms with Gasteiger partial charge in [0.2, 0.25) is 0 Å². The predicted molar refractivity (Wildman–Crippen MR) is 179 cm³/mol. The van der Waals surface area contributed by atoms with Crippen LogP contribution in [-0.2, 0) is 0 Å². The van der Waals surface area contributed by atoms with Crippen LogP contribution in [0.25, 0.3) is 65.8 Å². The van der Waals surface area contributed by atoms with Gasteiger partial charge >= 0.3 is 0 Å². The summed E-state index contributed by atoms with van der Waals surface area (Å²) in [6.07, 6.45) is 0. The first-order valence-electron chi connectivity index (χ1n) is 14.5. The van der Waals surface area contributed by atoms with Crippen molar-refractivity contribution in [3.05, 3.63) is 152 Å². The number of hydrogen-bond donors (Lipinski definition) is 0. The number of hydrogen-bond acceptors (Lipinski definition) is 3. The molecule has 0 bridgehead atoms.